The normalized spacial score (nSPS) is 24.6. The Morgan fingerprint density at radius 3 is 2.70 bits per heavy atom. The van der Waals surface area contributed by atoms with Crippen LogP contribution in [-0.2, 0) is 6.54 Å². The Balaban J connectivity index is 1.79. The lowest BCUT2D eigenvalue weighted by molar-refractivity contribution is 0.112. The van der Waals surface area contributed by atoms with Crippen LogP contribution in [0.5, 0.6) is 5.75 Å². The summed E-state index contributed by atoms with van der Waals surface area (Å²) in [6, 6.07) is 7.39. The molecule has 23 heavy (non-hydrogen) atoms. The van der Waals surface area contributed by atoms with Crippen LogP contribution >= 0.6 is 0 Å². The number of hydrogen-bond acceptors (Lipinski definition) is 4. The molecule has 0 spiro atoms. The average molecular weight is 317 g/mol. The molecule has 4 nitrogen and oxygen atoms in total. The number of ether oxygens (including phenoxy) is 1. The van der Waals surface area contributed by atoms with Crippen molar-refractivity contribution < 1.29 is 4.74 Å². The largest absolute Gasteiger partial charge is 0.490 e. The van der Waals surface area contributed by atoms with Crippen LogP contribution in [0.25, 0.3) is 0 Å². The number of piperidine rings is 1. The van der Waals surface area contributed by atoms with Gasteiger partial charge in [-0.2, -0.15) is 0 Å². The summed E-state index contributed by atoms with van der Waals surface area (Å²) in [5.74, 6) is 1.08. The highest BCUT2D eigenvalue weighted by Gasteiger charge is 2.34. The first-order valence-corrected chi connectivity index (χ1v) is 9.06. The monoisotopic (exact) mass is 317 g/mol. The molecule has 1 fully saturated rings. The molecule has 0 aliphatic carbocycles. The molecule has 2 N–H and O–H groups in total. The van der Waals surface area contributed by atoms with Gasteiger partial charge in [-0.15, -0.1) is 0 Å². The third-order valence-electron chi connectivity index (χ3n) is 5.61. The lowest BCUT2D eigenvalue weighted by Crippen LogP contribution is -2.36. The standard InChI is InChI=1S/C19H31N3O/c1-4-14(2)22-13-17-16(18(22)12-20)6-5-7-19(17)23-15-8-10-21(3)11-9-15/h5-7,14-15,18H,4,8-13,20H2,1-3H3. The number of likely N-dealkylation sites (tertiary alicyclic amines) is 1. The van der Waals surface area contributed by atoms with Crippen LogP contribution in [-0.4, -0.2) is 48.6 Å². The zero-order valence-electron chi connectivity index (χ0n) is 14.8. The molecule has 1 aromatic carbocycles. The molecule has 1 saturated heterocycles. The summed E-state index contributed by atoms with van der Waals surface area (Å²) in [4.78, 5) is 4.91. The SMILES string of the molecule is CCC(C)N1Cc2c(OC3CCN(C)CC3)cccc2C1CN. The van der Waals surface area contributed by atoms with Crippen LogP contribution in [0.15, 0.2) is 18.2 Å². The van der Waals surface area contributed by atoms with Crippen molar-refractivity contribution in [2.75, 3.05) is 26.7 Å². The second kappa shape index (κ2) is 7.20. The van der Waals surface area contributed by atoms with Gasteiger partial charge in [0, 0.05) is 43.8 Å². The van der Waals surface area contributed by atoms with Gasteiger partial charge in [0.05, 0.1) is 0 Å². The molecular formula is C19H31N3O. The highest BCUT2D eigenvalue weighted by Crippen LogP contribution is 2.40. The van der Waals surface area contributed by atoms with Crippen LogP contribution in [0.1, 0.15) is 50.3 Å². The van der Waals surface area contributed by atoms with Crippen LogP contribution in [0.4, 0.5) is 0 Å². The Hall–Kier alpha value is -1.10. The van der Waals surface area contributed by atoms with Gasteiger partial charge < -0.3 is 15.4 Å². The minimum atomic E-state index is 0.334. The topological polar surface area (TPSA) is 41.7 Å². The van der Waals surface area contributed by atoms with Crippen molar-refractivity contribution in [2.45, 2.75) is 57.8 Å². The first-order chi connectivity index (χ1) is 11.1. The molecule has 0 aromatic heterocycles. The number of rotatable bonds is 5. The van der Waals surface area contributed by atoms with Crippen LogP contribution < -0.4 is 10.5 Å². The minimum Gasteiger partial charge on any atom is -0.490 e. The predicted molar refractivity (Wildman–Crippen MR) is 94.7 cm³/mol. The number of benzene rings is 1. The average Bonchev–Trinajstić information content (AvgIpc) is 2.96. The first kappa shape index (κ1) is 16.7. The number of nitrogens with zero attached hydrogens (tertiary/aromatic N) is 2. The third-order valence-corrected chi connectivity index (χ3v) is 5.61. The van der Waals surface area contributed by atoms with Gasteiger partial charge in [0.15, 0.2) is 0 Å². The molecule has 3 rings (SSSR count). The molecule has 2 aliphatic heterocycles. The van der Waals surface area contributed by atoms with Gasteiger partial charge in [-0.05, 0) is 44.9 Å². The molecule has 2 unspecified atom stereocenters. The summed E-state index contributed by atoms with van der Waals surface area (Å²) in [6.07, 6.45) is 3.74. The van der Waals surface area contributed by atoms with Crippen LogP contribution in [0.2, 0.25) is 0 Å². The molecule has 2 atom stereocenters. The van der Waals surface area contributed by atoms with Crippen molar-refractivity contribution >= 4 is 0 Å². The van der Waals surface area contributed by atoms with Crippen molar-refractivity contribution in [1.29, 1.82) is 0 Å². The Kier molecular flexibility index (Phi) is 5.24. The van der Waals surface area contributed by atoms with Crippen molar-refractivity contribution in [3.05, 3.63) is 29.3 Å². The summed E-state index contributed by atoms with van der Waals surface area (Å²) in [5.41, 5.74) is 8.83. The fraction of sp³-hybridized carbons (Fsp3) is 0.684. The molecule has 2 heterocycles. The summed E-state index contributed by atoms with van der Waals surface area (Å²) in [7, 11) is 2.19. The number of fused-ring (bicyclic) bond motifs is 1. The van der Waals surface area contributed by atoms with E-state index in [0.29, 0.717) is 24.7 Å². The van der Waals surface area contributed by atoms with E-state index in [4.69, 9.17) is 10.5 Å². The van der Waals surface area contributed by atoms with Crippen molar-refractivity contribution in [1.82, 2.24) is 9.80 Å². The molecule has 0 radical (unpaired) electrons. The highest BCUT2D eigenvalue weighted by atomic mass is 16.5. The second-order valence-electron chi connectivity index (χ2n) is 7.13. The Morgan fingerprint density at radius 1 is 1.30 bits per heavy atom. The van der Waals surface area contributed by atoms with Crippen molar-refractivity contribution in [3.63, 3.8) is 0 Å². The van der Waals surface area contributed by atoms with Crippen molar-refractivity contribution in [3.8, 4) is 5.75 Å². The van der Waals surface area contributed by atoms with Crippen molar-refractivity contribution in [2.24, 2.45) is 5.73 Å². The maximum absolute atomic E-state index is 6.41. The molecule has 4 heteroatoms. The van der Waals surface area contributed by atoms with E-state index in [1.165, 1.54) is 11.1 Å². The van der Waals surface area contributed by atoms with E-state index in [0.717, 1.165) is 44.6 Å². The van der Waals surface area contributed by atoms with Gasteiger partial charge >= 0.3 is 0 Å². The molecule has 0 bridgehead atoms. The van der Waals surface area contributed by atoms with E-state index in [-0.39, 0.29) is 0 Å². The fourth-order valence-corrected chi connectivity index (χ4v) is 3.89. The van der Waals surface area contributed by atoms with Gasteiger partial charge in [0.1, 0.15) is 11.9 Å². The molecule has 0 saturated carbocycles. The lowest BCUT2D eigenvalue weighted by Gasteiger charge is -2.30. The van der Waals surface area contributed by atoms with Gasteiger partial charge in [-0.25, -0.2) is 0 Å². The van der Waals surface area contributed by atoms with Gasteiger partial charge in [0.25, 0.3) is 0 Å². The van der Waals surface area contributed by atoms with E-state index in [9.17, 15) is 0 Å². The number of nitrogens with two attached hydrogens (primary N) is 1. The highest BCUT2D eigenvalue weighted by molar-refractivity contribution is 5.45. The van der Waals surface area contributed by atoms with Gasteiger partial charge in [-0.1, -0.05) is 19.1 Å². The quantitative estimate of drug-likeness (QED) is 0.907. The van der Waals surface area contributed by atoms with E-state index < -0.39 is 0 Å². The van der Waals surface area contributed by atoms with Crippen LogP contribution in [0, 0.1) is 0 Å². The molecule has 0 amide bonds. The Morgan fingerprint density at radius 2 is 2.04 bits per heavy atom. The Bertz CT molecular complexity index is 525. The zero-order valence-corrected chi connectivity index (χ0v) is 14.8. The van der Waals surface area contributed by atoms with E-state index >= 15 is 0 Å². The zero-order chi connectivity index (χ0) is 16.4. The molecule has 128 valence electrons. The third kappa shape index (κ3) is 3.39. The smallest absolute Gasteiger partial charge is 0.124 e. The minimum absolute atomic E-state index is 0.334. The fourth-order valence-electron chi connectivity index (χ4n) is 3.89. The summed E-state index contributed by atoms with van der Waals surface area (Å²) >= 11 is 0. The van der Waals surface area contributed by atoms with Crippen LogP contribution in [0.3, 0.4) is 0 Å². The maximum atomic E-state index is 6.41. The molecule has 2 aliphatic rings. The predicted octanol–water partition coefficient (Wildman–Crippen LogP) is 2.77. The lowest BCUT2D eigenvalue weighted by atomic mass is 10.0. The maximum Gasteiger partial charge on any atom is 0.124 e. The van der Waals surface area contributed by atoms with Gasteiger partial charge in [-0.3, -0.25) is 4.90 Å². The summed E-state index contributed by atoms with van der Waals surface area (Å²) in [6.45, 7) is 8.45. The number of hydrogen-bond donors (Lipinski definition) is 1. The van der Waals surface area contributed by atoms with E-state index in [1.54, 1.807) is 0 Å². The molecular weight excluding hydrogens is 286 g/mol. The second-order valence-corrected chi connectivity index (χ2v) is 7.13. The first-order valence-electron chi connectivity index (χ1n) is 9.06. The Labute approximate surface area is 140 Å². The summed E-state index contributed by atoms with van der Waals surface area (Å²) < 4.78 is 6.41. The van der Waals surface area contributed by atoms with E-state index in [2.05, 4.69) is 48.9 Å². The summed E-state index contributed by atoms with van der Waals surface area (Å²) in [5, 5.41) is 0. The van der Waals surface area contributed by atoms with E-state index in [1.807, 2.05) is 0 Å². The molecule has 1 aromatic rings. The van der Waals surface area contributed by atoms with Gasteiger partial charge in [0.2, 0.25) is 0 Å².